The molecule has 2 amide bonds. The Morgan fingerprint density at radius 1 is 1.07 bits per heavy atom. The molecule has 0 spiro atoms. The van der Waals surface area contributed by atoms with Gasteiger partial charge >= 0.3 is 12.0 Å². The standard InChI is InChI=1S/C21H22N2O4/c1-14-18(20(24)27-13-12-15-8-4-3-5-9-15)19(23-21(25)22-14)16-10-6-7-11-17(16)26-2/h3-11,19H,12-13H2,1-2H3,(H2,22,23,25)/t19-/m0/s1. The smallest absolute Gasteiger partial charge is 0.338 e. The lowest BCUT2D eigenvalue weighted by Crippen LogP contribution is -2.45. The summed E-state index contributed by atoms with van der Waals surface area (Å²) < 4.78 is 10.9. The van der Waals surface area contributed by atoms with Gasteiger partial charge in [0.1, 0.15) is 5.75 Å². The molecule has 0 fully saturated rings. The number of benzene rings is 2. The van der Waals surface area contributed by atoms with Crippen LogP contribution in [0.1, 0.15) is 24.1 Å². The predicted molar refractivity (Wildman–Crippen MR) is 101 cm³/mol. The lowest BCUT2D eigenvalue weighted by atomic mass is 9.95. The molecule has 1 heterocycles. The molecule has 0 radical (unpaired) electrons. The number of carbonyl (C=O) groups is 2. The van der Waals surface area contributed by atoms with Crippen LogP contribution in [-0.2, 0) is 16.0 Å². The number of hydrogen-bond donors (Lipinski definition) is 2. The number of ether oxygens (including phenoxy) is 2. The first-order valence-electron chi connectivity index (χ1n) is 8.72. The summed E-state index contributed by atoms with van der Waals surface area (Å²) in [7, 11) is 1.55. The van der Waals surface area contributed by atoms with Crippen molar-refractivity contribution >= 4 is 12.0 Å². The first-order valence-corrected chi connectivity index (χ1v) is 8.72. The molecule has 0 aliphatic carbocycles. The van der Waals surface area contributed by atoms with E-state index in [0.29, 0.717) is 29.0 Å². The van der Waals surface area contributed by atoms with Crippen LogP contribution in [0.4, 0.5) is 4.79 Å². The molecular formula is C21H22N2O4. The summed E-state index contributed by atoms with van der Waals surface area (Å²) in [5.41, 5.74) is 2.63. The normalized spacial score (nSPS) is 16.4. The lowest BCUT2D eigenvalue weighted by Gasteiger charge is -2.29. The van der Waals surface area contributed by atoms with E-state index in [2.05, 4.69) is 10.6 Å². The molecule has 1 aliphatic heterocycles. The zero-order valence-electron chi connectivity index (χ0n) is 15.3. The molecule has 2 aromatic carbocycles. The molecule has 6 nitrogen and oxygen atoms in total. The van der Waals surface area contributed by atoms with E-state index in [1.165, 1.54) is 0 Å². The van der Waals surface area contributed by atoms with Crippen LogP contribution in [0, 0.1) is 0 Å². The molecule has 2 aromatic rings. The average molecular weight is 366 g/mol. The van der Waals surface area contributed by atoms with Crippen molar-refractivity contribution in [3.8, 4) is 5.75 Å². The number of nitrogens with one attached hydrogen (secondary N) is 2. The molecule has 3 rings (SSSR count). The average Bonchev–Trinajstić information content (AvgIpc) is 2.68. The Hall–Kier alpha value is -3.28. The van der Waals surface area contributed by atoms with Crippen LogP contribution in [-0.4, -0.2) is 25.7 Å². The number of carbonyl (C=O) groups excluding carboxylic acids is 2. The summed E-state index contributed by atoms with van der Waals surface area (Å²) in [6.07, 6.45) is 0.623. The van der Waals surface area contributed by atoms with Crippen LogP contribution >= 0.6 is 0 Å². The Bertz CT molecular complexity index is 861. The maximum absolute atomic E-state index is 12.8. The number of para-hydroxylation sites is 1. The van der Waals surface area contributed by atoms with Gasteiger partial charge in [-0.1, -0.05) is 48.5 Å². The molecule has 0 saturated heterocycles. The minimum absolute atomic E-state index is 0.256. The second-order valence-electron chi connectivity index (χ2n) is 6.18. The van der Waals surface area contributed by atoms with Gasteiger partial charge in [0, 0.05) is 17.7 Å². The van der Waals surface area contributed by atoms with E-state index in [1.807, 2.05) is 48.5 Å². The zero-order valence-corrected chi connectivity index (χ0v) is 15.3. The fourth-order valence-corrected chi connectivity index (χ4v) is 3.09. The van der Waals surface area contributed by atoms with Gasteiger partial charge < -0.3 is 20.1 Å². The van der Waals surface area contributed by atoms with Crippen molar-refractivity contribution in [2.24, 2.45) is 0 Å². The predicted octanol–water partition coefficient (Wildman–Crippen LogP) is 3.11. The maximum Gasteiger partial charge on any atom is 0.338 e. The second kappa shape index (κ2) is 8.40. The van der Waals surface area contributed by atoms with Gasteiger partial charge in [0.2, 0.25) is 0 Å². The van der Waals surface area contributed by atoms with Gasteiger partial charge in [-0.15, -0.1) is 0 Å². The number of methoxy groups -OCH3 is 1. The van der Waals surface area contributed by atoms with Gasteiger partial charge in [-0.05, 0) is 18.6 Å². The fourth-order valence-electron chi connectivity index (χ4n) is 3.09. The van der Waals surface area contributed by atoms with Gasteiger partial charge in [-0.25, -0.2) is 9.59 Å². The van der Waals surface area contributed by atoms with Gasteiger partial charge in [-0.3, -0.25) is 0 Å². The van der Waals surface area contributed by atoms with Crippen molar-refractivity contribution in [1.82, 2.24) is 10.6 Å². The number of urea groups is 1. The first-order chi connectivity index (χ1) is 13.1. The summed E-state index contributed by atoms with van der Waals surface area (Å²) in [4.78, 5) is 24.8. The van der Waals surface area contributed by atoms with E-state index < -0.39 is 12.0 Å². The van der Waals surface area contributed by atoms with E-state index >= 15 is 0 Å². The Balaban J connectivity index is 1.80. The largest absolute Gasteiger partial charge is 0.496 e. The van der Waals surface area contributed by atoms with Crippen LogP contribution in [0.25, 0.3) is 0 Å². The summed E-state index contributed by atoms with van der Waals surface area (Å²) in [6, 6.07) is 16.1. The van der Waals surface area contributed by atoms with Crippen molar-refractivity contribution in [3.63, 3.8) is 0 Å². The van der Waals surface area contributed by atoms with Gasteiger partial charge in [0.25, 0.3) is 0 Å². The molecule has 0 bridgehead atoms. The molecule has 140 valence electrons. The lowest BCUT2D eigenvalue weighted by molar-refractivity contribution is -0.139. The Morgan fingerprint density at radius 2 is 1.78 bits per heavy atom. The topological polar surface area (TPSA) is 76.7 Å². The molecule has 2 N–H and O–H groups in total. The molecule has 0 unspecified atom stereocenters. The molecular weight excluding hydrogens is 344 g/mol. The second-order valence-corrected chi connectivity index (χ2v) is 6.18. The third-order valence-electron chi connectivity index (χ3n) is 4.41. The van der Waals surface area contributed by atoms with Crippen molar-refractivity contribution in [3.05, 3.63) is 77.0 Å². The van der Waals surface area contributed by atoms with Gasteiger partial charge in [0.15, 0.2) is 0 Å². The molecule has 6 heteroatoms. The monoisotopic (exact) mass is 366 g/mol. The van der Waals surface area contributed by atoms with Crippen LogP contribution in [0.15, 0.2) is 65.9 Å². The number of amides is 2. The quantitative estimate of drug-likeness (QED) is 0.770. The third-order valence-corrected chi connectivity index (χ3v) is 4.41. The van der Waals surface area contributed by atoms with Crippen LogP contribution in [0.5, 0.6) is 5.75 Å². The van der Waals surface area contributed by atoms with Crippen LogP contribution in [0.3, 0.4) is 0 Å². The molecule has 1 atom stereocenters. The van der Waals surface area contributed by atoms with Crippen molar-refractivity contribution in [2.75, 3.05) is 13.7 Å². The molecule has 0 aromatic heterocycles. The minimum Gasteiger partial charge on any atom is -0.496 e. The summed E-state index contributed by atoms with van der Waals surface area (Å²) >= 11 is 0. The maximum atomic E-state index is 12.8. The van der Waals surface area contributed by atoms with Crippen LogP contribution < -0.4 is 15.4 Å². The number of esters is 1. The number of allylic oxidation sites excluding steroid dienone is 1. The highest BCUT2D eigenvalue weighted by Gasteiger charge is 2.33. The van der Waals surface area contributed by atoms with E-state index in [1.54, 1.807) is 20.1 Å². The summed E-state index contributed by atoms with van der Waals surface area (Å²) in [6.45, 7) is 1.95. The Morgan fingerprint density at radius 3 is 2.52 bits per heavy atom. The fraction of sp³-hybridized carbons (Fsp3) is 0.238. The zero-order chi connectivity index (χ0) is 19.2. The number of rotatable bonds is 6. The Kier molecular flexibility index (Phi) is 5.76. The summed E-state index contributed by atoms with van der Waals surface area (Å²) in [5.74, 6) is 0.124. The number of hydrogen-bond acceptors (Lipinski definition) is 4. The minimum atomic E-state index is -0.640. The van der Waals surface area contributed by atoms with E-state index in [9.17, 15) is 9.59 Å². The third kappa shape index (κ3) is 4.28. The van der Waals surface area contributed by atoms with E-state index in [-0.39, 0.29) is 12.6 Å². The van der Waals surface area contributed by atoms with E-state index in [4.69, 9.17) is 9.47 Å². The highest BCUT2D eigenvalue weighted by Crippen LogP contribution is 2.33. The Labute approximate surface area is 158 Å². The highest BCUT2D eigenvalue weighted by molar-refractivity contribution is 5.95. The molecule has 0 saturated carbocycles. The van der Waals surface area contributed by atoms with E-state index in [0.717, 1.165) is 5.56 Å². The van der Waals surface area contributed by atoms with Crippen LogP contribution in [0.2, 0.25) is 0 Å². The van der Waals surface area contributed by atoms with Crippen molar-refractivity contribution in [1.29, 1.82) is 0 Å². The SMILES string of the molecule is COc1ccccc1[C@@H]1NC(=O)NC(C)=C1C(=O)OCCc1ccccc1. The molecule has 27 heavy (non-hydrogen) atoms. The van der Waals surface area contributed by atoms with Gasteiger partial charge in [-0.2, -0.15) is 0 Å². The van der Waals surface area contributed by atoms with Crippen molar-refractivity contribution < 1.29 is 19.1 Å². The highest BCUT2D eigenvalue weighted by atomic mass is 16.5. The summed E-state index contributed by atoms with van der Waals surface area (Å²) in [5, 5.41) is 5.43. The van der Waals surface area contributed by atoms with Gasteiger partial charge in [0.05, 0.1) is 25.3 Å². The first kappa shape index (κ1) is 18.5. The van der Waals surface area contributed by atoms with Crippen molar-refractivity contribution in [2.45, 2.75) is 19.4 Å². The molecule has 1 aliphatic rings.